The Bertz CT molecular complexity index is 454. The summed E-state index contributed by atoms with van der Waals surface area (Å²) in [4.78, 5) is 0. The van der Waals surface area contributed by atoms with E-state index < -0.39 is 0 Å². The van der Waals surface area contributed by atoms with Gasteiger partial charge in [0.1, 0.15) is 13.2 Å². The average molecular weight is 276 g/mol. The first-order valence-corrected chi connectivity index (χ1v) is 7.78. The molecule has 20 heavy (non-hydrogen) atoms. The summed E-state index contributed by atoms with van der Waals surface area (Å²) >= 11 is 0. The Hall–Kier alpha value is -1.58. The van der Waals surface area contributed by atoms with Crippen molar-refractivity contribution in [3.05, 3.63) is 12.1 Å². The number of anilines is 2. The SMILES string of the molecule is Nc1cc2c(cc1NC1CCCCCCC1)OCCO2. The second-order valence-corrected chi connectivity index (χ2v) is 5.77. The van der Waals surface area contributed by atoms with Gasteiger partial charge in [-0.15, -0.1) is 0 Å². The molecule has 0 bridgehead atoms. The minimum atomic E-state index is 0.528. The van der Waals surface area contributed by atoms with Crippen LogP contribution in [0.4, 0.5) is 11.4 Å². The van der Waals surface area contributed by atoms with Crippen LogP contribution < -0.4 is 20.5 Å². The molecule has 3 N–H and O–H groups in total. The maximum atomic E-state index is 6.13. The summed E-state index contributed by atoms with van der Waals surface area (Å²) in [6, 6.07) is 4.39. The molecule has 1 heterocycles. The lowest BCUT2D eigenvalue weighted by Crippen LogP contribution is -2.22. The molecular weight excluding hydrogens is 252 g/mol. The molecule has 3 rings (SSSR count). The summed E-state index contributed by atoms with van der Waals surface area (Å²) in [5.41, 5.74) is 7.87. The average Bonchev–Trinajstić information content (AvgIpc) is 2.42. The standard InChI is InChI=1S/C16H24N2O2/c17-13-10-15-16(20-9-8-19-15)11-14(13)18-12-6-4-2-1-3-5-7-12/h10-12,18H,1-9,17H2. The van der Waals surface area contributed by atoms with E-state index in [0.717, 1.165) is 22.9 Å². The third-order valence-corrected chi connectivity index (χ3v) is 4.18. The van der Waals surface area contributed by atoms with Gasteiger partial charge in [0.2, 0.25) is 0 Å². The van der Waals surface area contributed by atoms with Crippen molar-refractivity contribution in [2.45, 2.75) is 51.0 Å². The maximum absolute atomic E-state index is 6.13. The normalized spacial score (nSPS) is 20.0. The Morgan fingerprint density at radius 1 is 0.900 bits per heavy atom. The van der Waals surface area contributed by atoms with Crippen LogP contribution in [0.5, 0.6) is 11.5 Å². The van der Waals surface area contributed by atoms with Gasteiger partial charge in [0.15, 0.2) is 11.5 Å². The van der Waals surface area contributed by atoms with Crippen molar-refractivity contribution in [2.24, 2.45) is 0 Å². The zero-order chi connectivity index (χ0) is 13.8. The van der Waals surface area contributed by atoms with E-state index in [4.69, 9.17) is 15.2 Å². The predicted octanol–water partition coefficient (Wildman–Crippen LogP) is 3.56. The van der Waals surface area contributed by atoms with Gasteiger partial charge in [0.25, 0.3) is 0 Å². The molecule has 1 fully saturated rings. The molecule has 0 atom stereocenters. The van der Waals surface area contributed by atoms with Gasteiger partial charge < -0.3 is 20.5 Å². The summed E-state index contributed by atoms with van der Waals surface area (Å²) in [7, 11) is 0. The van der Waals surface area contributed by atoms with Gasteiger partial charge in [0, 0.05) is 18.2 Å². The van der Waals surface area contributed by atoms with Gasteiger partial charge in [-0.3, -0.25) is 0 Å². The molecule has 1 saturated carbocycles. The van der Waals surface area contributed by atoms with Crippen molar-refractivity contribution in [3.63, 3.8) is 0 Å². The fraction of sp³-hybridized carbons (Fsp3) is 0.625. The lowest BCUT2D eigenvalue weighted by atomic mass is 9.96. The van der Waals surface area contributed by atoms with E-state index in [0.29, 0.717) is 19.3 Å². The number of hydrogen-bond acceptors (Lipinski definition) is 4. The highest BCUT2D eigenvalue weighted by Crippen LogP contribution is 2.37. The summed E-state index contributed by atoms with van der Waals surface area (Å²) < 4.78 is 11.2. The topological polar surface area (TPSA) is 56.5 Å². The van der Waals surface area contributed by atoms with Crippen molar-refractivity contribution in [1.29, 1.82) is 0 Å². The highest BCUT2D eigenvalue weighted by atomic mass is 16.6. The fourth-order valence-electron chi connectivity index (χ4n) is 3.05. The van der Waals surface area contributed by atoms with Gasteiger partial charge in [-0.2, -0.15) is 0 Å². The van der Waals surface area contributed by atoms with Crippen molar-refractivity contribution in [1.82, 2.24) is 0 Å². The Morgan fingerprint density at radius 2 is 1.50 bits per heavy atom. The summed E-state index contributed by atoms with van der Waals surface area (Å²) in [5, 5.41) is 3.61. The molecule has 4 nitrogen and oxygen atoms in total. The molecular formula is C16H24N2O2. The van der Waals surface area contributed by atoms with Crippen molar-refractivity contribution < 1.29 is 9.47 Å². The lowest BCUT2D eigenvalue weighted by Gasteiger charge is -2.25. The van der Waals surface area contributed by atoms with E-state index in [1.807, 2.05) is 12.1 Å². The van der Waals surface area contributed by atoms with Gasteiger partial charge in [-0.05, 0) is 12.8 Å². The molecule has 2 aliphatic rings. The van der Waals surface area contributed by atoms with E-state index in [-0.39, 0.29) is 0 Å². The number of nitrogen functional groups attached to an aromatic ring is 1. The van der Waals surface area contributed by atoms with Crippen LogP contribution in [-0.4, -0.2) is 19.3 Å². The first kappa shape index (κ1) is 13.4. The van der Waals surface area contributed by atoms with Crippen molar-refractivity contribution in [3.8, 4) is 11.5 Å². The van der Waals surface area contributed by atoms with Crippen LogP contribution in [0.25, 0.3) is 0 Å². The van der Waals surface area contributed by atoms with E-state index in [9.17, 15) is 0 Å². The smallest absolute Gasteiger partial charge is 0.163 e. The molecule has 0 saturated heterocycles. The maximum Gasteiger partial charge on any atom is 0.163 e. The lowest BCUT2D eigenvalue weighted by molar-refractivity contribution is 0.172. The van der Waals surface area contributed by atoms with Crippen LogP contribution >= 0.6 is 0 Å². The third kappa shape index (κ3) is 3.11. The summed E-state index contributed by atoms with van der Waals surface area (Å²) in [5.74, 6) is 1.57. The molecule has 1 aromatic rings. The first-order valence-electron chi connectivity index (χ1n) is 7.78. The number of hydrogen-bond donors (Lipinski definition) is 2. The fourth-order valence-corrected chi connectivity index (χ4v) is 3.05. The molecule has 1 aliphatic heterocycles. The van der Waals surface area contributed by atoms with Crippen LogP contribution in [0.1, 0.15) is 44.9 Å². The Morgan fingerprint density at radius 3 is 2.20 bits per heavy atom. The quantitative estimate of drug-likeness (QED) is 0.811. The van der Waals surface area contributed by atoms with Crippen molar-refractivity contribution in [2.75, 3.05) is 24.3 Å². The van der Waals surface area contributed by atoms with E-state index in [1.165, 1.54) is 44.9 Å². The molecule has 1 aromatic carbocycles. The Labute approximate surface area is 120 Å². The molecule has 0 spiro atoms. The third-order valence-electron chi connectivity index (χ3n) is 4.18. The van der Waals surface area contributed by atoms with Crippen LogP contribution in [0.2, 0.25) is 0 Å². The molecule has 0 aromatic heterocycles. The van der Waals surface area contributed by atoms with Crippen LogP contribution in [0.3, 0.4) is 0 Å². The van der Waals surface area contributed by atoms with Gasteiger partial charge in [-0.25, -0.2) is 0 Å². The van der Waals surface area contributed by atoms with E-state index >= 15 is 0 Å². The highest BCUT2D eigenvalue weighted by Gasteiger charge is 2.17. The van der Waals surface area contributed by atoms with Gasteiger partial charge in [0.05, 0.1) is 11.4 Å². The number of fused-ring (bicyclic) bond motifs is 1. The molecule has 4 heteroatoms. The summed E-state index contributed by atoms with van der Waals surface area (Å²) in [6.45, 7) is 1.21. The van der Waals surface area contributed by atoms with Crippen molar-refractivity contribution >= 4 is 11.4 Å². The second kappa shape index (κ2) is 6.25. The minimum Gasteiger partial charge on any atom is -0.486 e. The number of ether oxygens (including phenoxy) is 2. The first-order chi connectivity index (χ1) is 9.83. The van der Waals surface area contributed by atoms with E-state index in [2.05, 4.69) is 5.32 Å². The predicted molar refractivity (Wildman–Crippen MR) is 81.6 cm³/mol. The number of nitrogens with one attached hydrogen (secondary N) is 1. The Balaban J connectivity index is 1.72. The van der Waals surface area contributed by atoms with Gasteiger partial charge >= 0.3 is 0 Å². The number of nitrogens with two attached hydrogens (primary N) is 1. The van der Waals surface area contributed by atoms with Crippen LogP contribution in [-0.2, 0) is 0 Å². The minimum absolute atomic E-state index is 0.528. The second-order valence-electron chi connectivity index (χ2n) is 5.77. The molecule has 0 radical (unpaired) electrons. The number of benzene rings is 1. The zero-order valence-corrected chi connectivity index (χ0v) is 12.0. The van der Waals surface area contributed by atoms with Crippen LogP contribution in [0, 0.1) is 0 Å². The monoisotopic (exact) mass is 276 g/mol. The molecule has 0 unspecified atom stereocenters. The van der Waals surface area contributed by atoms with E-state index in [1.54, 1.807) is 0 Å². The van der Waals surface area contributed by atoms with Crippen LogP contribution in [0.15, 0.2) is 12.1 Å². The molecule has 1 aliphatic carbocycles. The largest absolute Gasteiger partial charge is 0.486 e. The molecule has 110 valence electrons. The van der Waals surface area contributed by atoms with Gasteiger partial charge in [-0.1, -0.05) is 32.1 Å². The summed E-state index contributed by atoms with van der Waals surface area (Å²) in [6.07, 6.45) is 9.18. The Kier molecular flexibility index (Phi) is 4.19. The number of rotatable bonds is 2. The molecule has 0 amide bonds. The highest BCUT2D eigenvalue weighted by molar-refractivity contribution is 5.72. The zero-order valence-electron chi connectivity index (χ0n) is 12.0.